The summed E-state index contributed by atoms with van der Waals surface area (Å²) in [6.45, 7) is 2.20. The van der Waals surface area contributed by atoms with Gasteiger partial charge in [0, 0.05) is 13.2 Å². The summed E-state index contributed by atoms with van der Waals surface area (Å²) < 4.78 is 32.8. The number of ether oxygens (including phenoxy) is 1. The van der Waals surface area contributed by atoms with E-state index in [4.69, 9.17) is 4.74 Å². The van der Waals surface area contributed by atoms with Crippen LogP contribution in [0.1, 0.15) is 44.2 Å². The van der Waals surface area contributed by atoms with Gasteiger partial charge in [-0.05, 0) is 43.5 Å². The highest BCUT2D eigenvalue weighted by molar-refractivity contribution is 5.25. The maximum Gasteiger partial charge on any atom is 0.126 e. The van der Waals surface area contributed by atoms with E-state index in [1.165, 1.54) is 18.6 Å². The van der Waals surface area contributed by atoms with Crippen LogP contribution >= 0.6 is 0 Å². The molecule has 1 N–H and O–H groups in total. The molecule has 2 rings (SSSR count). The Bertz CT molecular complexity index is 446. The standard InChI is InChI=1S/C16H23F2NO/c1-11-5-4-6-16(10-11,20-3)15(19-2)12-7-13(17)9-14(18)8-12/h7-9,11,15,19H,4-6,10H2,1-3H3. The van der Waals surface area contributed by atoms with Gasteiger partial charge in [-0.15, -0.1) is 0 Å². The molecule has 3 unspecified atom stereocenters. The molecule has 4 heteroatoms. The van der Waals surface area contributed by atoms with Gasteiger partial charge in [-0.2, -0.15) is 0 Å². The van der Waals surface area contributed by atoms with Crippen molar-refractivity contribution in [1.82, 2.24) is 5.32 Å². The van der Waals surface area contributed by atoms with Gasteiger partial charge in [-0.3, -0.25) is 0 Å². The largest absolute Gasteiger partial charge is 0.376 e. The Morgan fingerprint density at radius 1 is 1.30 bits per heavy atom. The SMILES string of the molecule is CNC(c1cc(F)cc(F)c1)C1(OC)CCCC(C)C1. The fourth-order valence-electron chi connectivity index (χ4n) is 3.58. The van der Waals surface area contributed by atoms with Gasteiger partial charge >= 0.3 is 0 Å². The topological polar surface area (TPSA) is 21.3 Å². The van der Waals surface area contributed by atoms with Crippen molar-refractivity contribution in [2.75, 3.05) is 14.2 Å². The third kappa shape index (κ3) is 3.01. The summed E-state index contributed by atoms with van der Waals surface area (Å²) in [5.74, 6) is -0.538. The van der Waals surface area contributed by atoms with Crippen LogP contribution in [-0.2, 0) is 4.74 Å². The molecule has 112 valence electrons. The zero-order valence-electron chi connectivity index (χ0n) is 12.4. The molecule has 20 heavy (non-hydrogen) atoms. The molecule has 1 aliphatic carbocycles. The van der Waals surface area contributed by atoms with Gasteiger partial charge in [0.15, 0.2) is 0 Å². The number of benzene rings is 1. The highest BCUT2D eigenvalue weighted by atomic mass is 19.1. The third-order valence-corrected chi connectivity index (χ3v) is 4.43. The third-order valence-electron chi connectivity index (χ3n) is 4.43. The number of halogens is 2. The van der Waals surface area contributed by atoms with Gasteiger partial charge in [-0.25, -0.2) is 8.78 Å². The molecule has 0 heterocycles. The van der Waals surface area contributed by atoms with E-state index in [1.54, 1.807) is 7.11 Å². The first-order valence-corrected chi connectivity index (χ1v) is 7.19. The summed E-state index contributed by atoms with van der Waals surface area (Å²) in [5.41, 5.74) is 0.216. The van der Waals surface area contributed by atoms with E-state index in [-0.39, 0.29) is 6.04 Å². The van der Waals surface area contributed by atoms with E-state index in [0.29, 0.717) is 11.5 Å². The average Bonchev–Trinajstić information content (AvgIpc) is 2.38. The molecule has 1 aromatic carbocycles. The monoisotopic (exact) mass is 283 g/mol. The second-order valence-corrected chi connectivity index (χ2v) is 5.89. The fraction of sp³-hybridized carbons (Fsp3) is 0.625. The molecule has 0 aliphatic heterocycles. The van der Waals surface area contributed by atoms with Crippen LogP contribution in [-0.4, -0.2) is 19.8 Å². The second kappa shape index (κ2) is 6.19. The van der Waals surface area contributed by atoms with E-state index in [9.17, 15) is 8.78 Å². The first kappa shape index (κ1) is 15.4. The van der Waals surface area contributed by atoms with Gasteiger partial charge in [0.1, 0.15) is 11.6 Å². The minimum absolute atomic E-state index is 0.208. The predicted molar refractivity (Wildman–Crippen MR) is 75.5 cm³/mol. The summed E-state index contributed by atoms with van der Waals surface area (Å²) in [6.07, 6.45) is 4.05. The van der Waals surface area contributed by atoms with E-state index in [1.807, 2.05) is 7.05 Å². The minimum Gasteiger partial charge on any atom is -0.376 e. The van der Waals surface area contributed by atoms with E-state index < -0.39 is 17.2 Å². The summed E-state index contributed by atoms with van der Waals surface area (Å²) in [7, 11) is 3.51. The number of rotatable bonds is 4. The maximum atomic E-state index is 13.5. The molecule has 0 amide bonds. The van der Waals surface area contributed by atoms with Crippen molar-refractivity contribution in [3.05, 3.63) is 35.4 Å². The van der Waals surface area contributed by atoms with Crippen LogP contribution in [0.4, 0.5) is 8.78 Å². The smallest absolute Gasteiger partial charge is 0.126 e. The Balaban J connectivity index is 2.38. The summed E-state index contributed by atoms with van der Waals surface area (Å²) in [5, 5.41) is 3.20. The Morgan fingerprint density at radius 2 is 1.95 bits per heavy atom. The highest BCUT2D eigenvalue weighted by Gasteiger charge is 2.42. The molecule has 1 saturated carbocycles. The maximum absolute atomic E-state index is 13.5. The second-order valence-electron chi connectivity index (χ2n) is 5.89. The average molecular weight is 283 g/mol. The Morgan fingerprint density at radius 3 is 2.45 bits per heavy atom. The Labute approximate surface area is 119 Å². The number of nitrogens with one attached hydrogen (secondary N) is 1. The quantitative estimate of drug-likeness (QED) is 0.907. The lowest BCUT2D eigenvalue weighted by atomic mass is 9.72. The molecule has 1 aliphatic rings. The molecule has 0 spiro atoms. The zero-order valence-corrected chi connectivity index (χ0v) is 12.4. The summed E-state index contributed by atoms with van der Waals surface area (Å²) in [4.78, 5) is 0. The first-order valence-electron chi connectivity index (χ1n) is 7.19. The van der Waals surface area contributed by atoms with Gasteiger partial charge in [-0.1, -0.05) is 19.8 Å². The fourth-order valence-corrected chi connectivity index (χ4v) is 3.58. The summed E-state index contributed by atoms with van der Waals surface area (Å²) >= 11 is 0. The first-order chi connectivity index (χ1) is 9.50. The molecule has 0 saturated heterocycles. The van der Waals surface area contributed by atoms with Crippen molar-refractivity contribution in [2.45, 2.75) is 44.2 Å². The molecular weight excluding hydrogens is 260 g/mol. The molecular formula is C16H23F2NO. The normalized spacial score (nSPS) is 28.4. The van der Waals surface area contributed by atoms with Crippen molar-refractivity contribution in [2.24, 2.45) is 5.92 Å². The molecule has 3 atom stereocenters. The zero-order chi connectivity index (χ0) is 14.8. The number of likely N-dealkylation sites (N-methyl/N-ethyl adjacent to an activating group) is 1. The van der Waals surface area contributed by atoms with Crippen molar-refractivity contribution >= 4 is 0 Å². The van der Waals surface area contributed by atoms with Crippen molar-refractivity contribution in [3.8, 4) is 0 Å². The van der Waals surface area contributed by atoms with E-state index in [2.05, 4.69) is 12.2 Å². The van der Waals surface area contributed by atoms with Crippen LogP contribution < -0.4 is 5.32 Å². The van der Waals surface area contributed by atoms with Crippen molar-refractivity contribution < 1.29 is 13.5 Å². The number of hydrogen-bond donors (Lipinski definition) is 1. The minimum atomic E-state index is -0.546. The molecule has 0 aromatic heterocycles. The van der Waals surface area contributed by atoms with Crippen LogP contribution in [0.25, 0.3) is 0 Å². The molecule has 2 nitrogen and oxygen atoms in total. The van der Waals surface area contributed by atoms with Crippen LogP contribution in [0.2, 0.25) is 0 Å². The molecule has 1 fully saturated rings. The lowest BCUT2D eigenvalue weighted by molar-refractivity contribution is -0.0791. The van der Waals surface area contributed by atoms with Gasteiger partial charge in [0.05, 0.1) is 11.6 Å². The van der Waals surface area contributed by atoms with Crippen molar-refractivity contribution in [1.29, 1.82) is 0 Å². The Hall–Kier alpha value is -1.00. The number of hydrogen-bond acceptors (Lipinski definition) is 2. The van der Waals surface area contributed by atoms with Gasteiger partial charge in [0.2, 0.25) is 0 Å². The Kier molecular flexibility index (Phi) is 4.76. The molecule has 1 aromatic rings. The van der Waals surface area contributed by atoms with E-state index >= 15 is 0 Å². The highest BCUT2D eigenvalue weighted by Crippen LogP contribution is 2.43. The van der Waals surface area contributed by atoms with Crippen LogP contribution in [0.5, 0.6) is 0 Å². The van der Waals surface area contributed by atoms with Crippen molar-refractivity contribution in [3.63, 3.8) is 0 Å². The van der Waals surface area contributed by atoms with Crippen LogP contribution in [0, 0.1) is 17.6 Å². The molecule has 0 radical (unpaired) electrons. The lowest BCUT2D eigenvalue weighted by Crippen LogP contribution is -2.47. The lowest BCUT2D eigenvalue weighted by Gasteiger charge is -2.44. The number of methoxy groups -OCH3 is 1. The van der Waals surface area contributed by atoms with Gasteiger partial charge in [0.25, 0.3) is 0 Å². The van der Waals surface area contributed by atoms with Gasteiger partial charge < -0.3 is 10.1 Å². The van der Waals surface area contributed by atoms with Crippen LogP contribution in [0.3, 0.4) is 0 Å². The summed E-state index contributed by atoms with van der Waals surface area (Å²) in [6, 6.07) is 3.48. The predicted octanol–water partition coefficient (Wildman–Crippen LogP) is 3.82. The molecule has 0 bridgehead atoms. The van der Waals surface area contributed by atoms with Crippen LogP contribution in [0.15, 0.2) is 18.2 Å². The van der Waals surface area contributed by atoms with E-state index in [0.717, 1.165) is 25.3 Å².